The number of aromatic nitrogens is 2. The van der Waals surface area contributed by atoms with Gasteiger partial charge in [-0.3, -0.25) is 0 Å². The molecule has 0 aromatic carbocycles. The fraction of sp³-hybridized carbons (Fsp3) is 0.733. The van der Waals surface area contributed by atoms with E-state index in [1.165, 1.54) is 38.5 Å². The van der Waals surface area contributed by atoms with Crippen molar-refractivity contribution in [2.24, 2.45) is 17.8 Å². The van der Waals surface area contributed by atoms with Crippen LogP contribution in [-0.2, 0) is 5.41 Å². The van der Waals surface area contributed by atoms with E-state index in [2.05, 4.69) is 9.97 Å². The second-order valence-electron chi connectivity index (χ2n) is 6.85. The Morgan fingerprint density at radius 3 is 2.21 bits per heavy atom. The van der Waals surface area contributed by atoms with Crippen LogP contribution in [0.3, 0.4) is 0 Å². The summed E-state index contributed by atoms with van der Waals surface area (Å²) in [7, 11) is 1.64. The van der Waals surface area contributed by atoms with Crippen LogP contribution >= 0.6 is 0 Å². The summed E-state index contributed by atoms with van der Waals surface area (Å²) < 4.78 is 5.27. The Morgan fingerprint density at radius 2 is 1.68 bits per heavy atom. The maximum Gasteiger partial charge on any atom is 0.223 e. The van der Waals surface area contributed by atoms with E-state index in [9.17, 15) is 0 Å². The van der Waals surface area contributed by atoms with E-state index < -0.39 is 0 Å². The summed E-state index contributed by atoms with van der Waals surface area (Å²) in [6, 6.07) is 2.02. The van der Waals surface area contributed by atoms with Gasteiger partial charge < -0.3 is 10.5 Å². The molecule has 4 aliphatic rings. The topological polar surface area (TPSA) is 61.0 Å². The number of rotatable bonds is 2. The van der Waals surface area contributed by atoms with Crippen LogP contribution in [0.4, 0.5) is 5.95 Å². The SMILES string of the molecule is COc1cc(C23CC4CC(CC(C4)C2)C3)nc(N)n1. The lowest BCUT2D eigenvalue weighted by Crippen LogP contribution is -2.49. The molecule has 4 heteroatoms. The van der Waals surface area contributed by atoms with Gasteiger partial charge in [0.2, 0.25) is 11.8 Å². The van der Waals surface area contributed by atoms with Gasteiger partial charge in [0, 0.05) is 11.5 Å². The maximum atomic E-state index is 5.85. The summed E-state index contributed by atoms with van der Waals surface area (Å²) in [6.07, 6.45) is 8.20. The number of hydrogen-bond acceptors (Lipinski definition) is 4. The smallest absolute Gasteiger partial charge is 0.223 e. The zero-order valence-electron chi connectivity index (χ0n) is 11.4. The van der Waals surface area contributed by atoms with Crippen molar-refractivity contribution in [3.05, 3.63) is 11.8 Å². The molecule has 0 atom stereocenters. The Bertz CT molecular complexity index is 479. The highest BCUT2D eigenvalue weighted by Crippen LogP contribution is 2.60. The molecule has 4 bridgehead atoms. The van der Waals surface area contributed by atoms with Gasteiger partial charge in [-0.25, -0.2) is 4.98 Å². The molecule has 1 aromatic rings. The summed E-state index contributed by atoms with van der Waals surface area (Å²) >= 11 is 0. The van der Waals surface area contributed by atoms with Crippen LogP contribution in [0.2, 0.25) is 0 Å². The van der Waals surface area contributed by atoms with Gasteiger partial charge in [-0.15, -0.1) is 0 Å². The molecule has 2 N–H and O–H groups in total. The Balaban J connectivity index is 1.77. The fourth-order valence-corrected chi connectivity index (χ4v) is 5.24. The Hall–Kier alpha value is -1.32. The van der Waals surface area contributed by atoms with Gasteiger partial charge in [0.1, 0.15) is 0 Å². The van der Waals surface area contributed by atoms with Crippen molar-refractivity contribution in [1.82, 2.24) is 9.97 Å². The summed E-state index contributed by atoms with van der Waals surface area (Å²) in [5.74, 6) is 3.69. The molecule has 19 heavy (non-hydrogen) atoms. The first-order valence-corrected chi connectivity index (χ1v) is 7.36. The summed E-state index contributed by atoms with van der Waals surface area (Å²) in [5.41, 5.74) is 7.25. The van der Waals surface area contributed by atoms with Crippen LogP contribution < -0.4 is 10.5 Å². The normalized spacial score (nSPS) is 39.5. The van der Waals surface area contributed by atoms with Crippen molar-refractivity contribution in [1.29, 1.82) is 0 Å². The second-order valence-corrected chi connectivity index (χ2v) is 6.85. The number of ether oxygens (including phenoxy) is 1. The third kappa shape index (κ3) is 1.72. The number of methoxy groups -OCH3 is 1. The standard InChI is InChI=1S/C15H21N3O/c1-19-13-5-12(17-14(16)18-13)15-6-9-2-10(7-15)4-11(3-9)8-15/h5,9-11H,2-4,6-8H2,1H3,(H2,16,17,18). The van der Waals surface area contributed by atoms with E-state index in [1.807, 2.05) is 6.07 Å². The number of nitrogens with two attached hydrogens (primary N) is 1. The minimum Gasteiger partial charge on any atom is -0.481 e. The molecular weight excluding hydrogens is 238 g/mol. The van der Waals surface area contributed by atoms with E-state index in [0.29, 0.717) is 11.8 Å². The third-order valence-electron chi connectivity index (χ3n) is 5.51. The number of nitrogen functional groups attached to an aromatic ring is 1. The maximum absolute atomic E-state index is 5.85. The molecule has 0 saturated heterocycles. The number of nitrogens with zero attached hydrogens (tertiary/aromatic N) is 2. The van der Waals surface area contributed by atoms with Crippen LogP contribution in [0.1, 0.15) is 44.2 Å². The molecular formula is C15H21N3O. The largest absolute Gasteiger partial charge is 0.481 e. The minimum atomic E-state index is 0.263. The van der Waals surface area contributed by atoms with Gasteiger partial charge in [0.25, 0.3) is 0 Å². The predicted octanol–water partition coefficient (Wildman–Crippen LogP) is 2.54. The average Bonchev–Trinajstić information content (AvgIpc) is 2.36. The monoisotopic (exact) mass is 259 g/mol. The fourth-order valence-electron chi connectivity index (χ4n) is 5.24. The van der Waals surface area contributed by atoms with Crippen LogP contribution in [0.5, 0.6) is 5.88 Å². The summed E-state index contributed by atoms with van der Waals surface area (Å²) in [4.78, 5) is 8.68. The molecule has 0 spiro atoms. The highest BCUT2D eigenvalue weighted by Gasteiger charge is 2.52. The molecule has 0 unspecified atom stereocenters. The van der Waals surface area contributed by atoms with Gasteiger partial charge >= 0.3 is 0 Å². The molecule has 4 aliphatic carbocycles. The van der Waals surface area contributed by atoms with Crippen LogP contribution in [0, 0.1) is 17.8 Å². The Morgan fingerprint density at radius 1 is 1.11 bits per heavy atom. The van der Waals surface area contributed by atoms with Crippen LogP contribution in [0.25, 0.3) is 0 Å². The van der Waals surface area contributed by atoms with E-state index in [4.69, 9.17) is 10.5 Å². The zero-order valence-corrected chi connectivity index (χ0v) is 11.4. The minimum absolute atomic E-state index is 0.263. The Kier molecular flexibility index (Phi) is 2.32. The summed E-state index contributed by atoms with van der Waals surface area (Å²) in [5, 5.41) is 0. The second kappa shape index (κ2) is 3.84. The molecule has 1 aromatic heterocycles. The molecule has 102 valence electrons. The van der Waals surface area contributed by atoms with Crippen molar-refractivity contribution < 1.29 is 4.74 Å². The van der Waals surface area contributed by atoms with Gasteiger partial charge in [0.15, 0.2) is 0 Å². The molecule has 0 aliphatic heterocycles. The molecule has 4 fully saturated rings. The van der Waals surface area contributed by atoms with Crippen molar-refractivity contribution >= 4 is 5.95 Å². The molecule has 0 amide bonds. The van der Waals surface area contributed by atoms with Crippen molar-refractivity contribution in [2.75, 3.05) is 12.8 Å². The van der Waals surface area contributed by atoms with Crippen molar-refractivity contribution in [3.63, 3.8) is 0 Å². The van der Waals surface area contributed by atoms with Gasteiger partial charge in [-0.05, 0) is 56.3 Å². The molecule has 4 saturated carbocycles. The lowest BCUT2D eigenvalue weighted by molar-refractivity contribution is -0.00730. The zero-order chi connectivity index (χ0) is 13.0. The molecule has 5 rings (SSSR count). The van der Waals surface area contributed by atoms with Crippen molar-refractivity contribution in [3.8, 4) is 5.88 Å². The van der Waals surface area contributed by atoms with E-state index in [-0.39, 0.29) is 5.41 Å². The highest BCUT2D eigenvalue weighted by molar-refractivity contribution is 5.32. The molecule has 1 heterocycles. The van der Waals surface area contributed by atoms with Crippen molar-refractivity contribution in [2.45, 2.75) is 43.9 Å². The van der Waals surface area contributed by atoms with Crippen LogP contribution in [0.15, 0.2) is 6.07 Å². The lowest BCUT2D eigenvalue weighted by Gasteiger charge is -2.56. The van der Waals surface area contributed by atoms with Gasteiger partial charge in [0.05, 0.1) is 12.8 Å². The molecule has 4 nitrogen and oxygen atoms in total. The summed E-state index contributed by atoms with van der Waals surface area (Å²) in [6.45, 7) is 0. The third-order valence-corrected chi connectivity index (χ3v) is 5.51. The van der Waals surface area contributed by atoms with E-state index >= 15 is 0 Å². The quantitative estimate of drug-likeness (QED) is 0.886. The highest BCUT2D eigenvalue weighted by atomic mass is 16.5. The Labute approximate surface area is 113 Å². The predicted molar refractivity (Wildman–Crippen MR) is 72.8 cm³/mol. The molecule has 0 radical (unpaired) electrons. The first kappa shape index (κ1) is 11.5. The van der Waals surface area contributed by atoms with Crippen LogP contribution in [-0.4, -0.2) is 17.1 Å². The van der Waals surface area contributed by atoms with E-state index in [0.717, 1.165) is 23.4 Å². The first-order chi connectivity index (χ1) is 9.17. The number of anilines is 1. The van der Waals surface area contributed by atoms with Gasteiger partial charge in [-0.2, -0.15) is 4.98 Å². The average molecular weight is 259 g/mol. The van der Waals surface area contributed by atoms with E-state index in [1.54, 1.807) is 7.11 Å². The lowest BCUT2D eigenvalue weighted by atomic mass is 9.49. The number of hydrogen-bond donors (Lipinski definition) is 1. The first-order valence-electron chi connectivity index (χ1n) is 7.36. The van der Waals surface area contributed by atoms with Gasteiger partial charge in [-0.1, -0.05) is 0 Å².